The van der Waals surface area contributed by atoms with Gasteiger partial charge in [-0.1, -0.05) is 39.0 Å². The molecule has 2 atom stereocenters. The summed E-state index contributed by atoms with van der Waals surface area (Å²) in [4.78, 5) is 0. The zero-order valence-corrected chi connectivity index (χ0v) is 9.62. The van der Waals surface area contributed by atoms with Crippen LogP contribution in [0.3, 0.4) is 0 Å². The van der Waals surface area contributed by atoms with Gasteiger partial charge in [-0.25, -0.2) is 0 Å². The summed E-state index contributed by atoms with van der Waals surface area (Å²) >= 11 is 0. The maximum absolute atomic E-state index is 9.78. The second-order valence-corrected chi connectivity index (χ2v) is 5.43. The van der Waals surface area contributed by atoms with E-state index in [9.17, 15) is 5.11 Å². The average Bonchev–Trinajstić information content (AvgIpc) is 2.41. The molecule has 1 aliphatic rings. The van der Waals surface area contributed by atoms with Crippen molar-refractivity contribution in [1.29, 1.82) is 0 Å². The predicted molar refractivity (Wildman–Crippen MR) is 61.8 cm³/mol. The maximum Gasteiger partial charge on any atom is 0.0773 e. The Bertz CT molecular complexity index is 379. The van der Waals surface area contributed by atoms with Gasteiger partial charge in [0.15, 0.2) is 0 Å². The Labute approximate surface area is 91.1 Å². The third-order valence-electron chi connectivity index (χ3n) is 3.18. The van der Waals surface area contributed by atoms with Gasteiger partial charge >= 0.3 is 0 Å². The van der Waals surface area contributed by atoms with Crippen LogP contribution in [-0.2, 0) is 11.8 Å². The highest BCUT2D eigenvalue weighted by molar-refractivity contribution is 5.45. The highest BCUT2D eigenvalue weighted by Gasteiger charge is 2.32. The van der Waals surface area contributed by atoms with Gasteiger partial charge in [0.1, 0.15) is 0 Å². The maximum atomic E-state index is 9.78. The van der Waals surface area contributed by atoms with Crippen molar-refractivity contribution in [3.63, 3.8) is 0 Å². The minimum atomic E-state index is -0.413. The van der Waals surface area contributed by atoms with Crippen LogP contribution in [-0.4, -0.2) is 11.2 Å². The number of nitrogens with two attached hydrogens (primary N) is 1. The van der Waals surface area contributed by atoms with Gasteiger partial charge in [0.2, 0.25) is 0 Å². The molecule has 0 fully saturated rings. The third-order valence-corrected chi connectivity index (χ3v) is 3.18. The van der Waals surface area contributed by atoms with E-state index in [0.717, 1.165) is 5.56 Å². The molecular formula is C13H19NO. The fourth-order valence-electron chi connectivity index (χ4n) is 2.38. The van der Waals surface area contributed by atoms with Crippen LogP contribution in [0.25, 0.3) is 0 Å². The van der Waals surface area contributed by atoms with Crippen LogP contribution < -0.4 is 5.73 Å². The highest BCUT2D eigenvalue weighted by Crippen LogP contribution is 2.37. The van der Waals surface area contributed by atoms with E-state index < -0.39 is 6.10 Å². The summed E-state index contributed by atoms with van der Waals surface area (Å²) in [7, 11) is 0. The quantitative estimate of drug-likeness (QED) is 0.679. The highest BCUT2D eigenvalue weighted by atomic mass is 16.3. The fraction of sp³-hybridized carbons (Fsp3) is 0.538. The number of hydrogen-bond acceptors (Lipinski definition) is 2. The van der Waals surface area contributed by atoms with Crippen molar-refractivity contribution in [2.75, 3.05) is 0 Å². The minimum Gasteiger partial charge on any atom is -0.391 e. The van der Waals surface area contributed by atoms with Gasteiger partial charge in [0.25, 0.3) is 0 Å². The second-order valence-electron chi connectivity index (χ2n) is 5.43. The van der Waals surface area contributed by atoms with Gasteiger partial charge in [-0.05, 0) is 22.1 Å². The number of benzene rings is 1. The molecule has 0 spiro atoms. The van der Waals surface area contributed by atoms with Crippen LogP contribution >= 0.6 is 0 Å². The first kappa shape index (κ1) is 10.7. The number of hydrogen-bond donors (Lipinski definition) is 2. The lowest BCUT2D eigenvalue weighted by Gasteiger charge is -2.24. The molecule has 2 rings (SSSR count). The molecule has 2 heteroatoms. The molecule has 1 unspecified atom stereocenters. The Hall–Kier alpha value is -0.860. The van der Waals surface area contributed by atoms with Crippen molar-refractivity contribution in [2.45, 2.75) is 44.8 Å². The topological polar surface area (TPSA) is 46.2 Å². The summed E-state index contributed by atoms with van der Waals surface area (Å²) < 4.78 is 0. The average molecular weight is 205 g/mol. The van der Waals surface area contributed by atoms with Gasteiger partial charge in [0, 0.05) is 6.42 Å². The first-order valence-electron chi connectivity index (χ1n) is 5.47. The lowest BCUT2D eigenvalue weighted by atomic mass is 9.82. The van der Waals surface area contributed by atoms with E-state index in [-0.39, 0.29) is 11.5 Å². The number of fused-ring (bicyclic) bond motifs is 1. The minimum absolute atomic E-state index is 0.0903. The molecule has 0 radical (unpaired) electrons. The van der Waals surface area contributed by atoms with Crippen LogP contribution in [0, 0.1) is 0 Å². The molecule has 0 heterocycles. The van der Waals surface area contributed by atoms with Crippen LogP contribution in [0.1, 0.15) is 43.5 Å². The monoisotopic (exact) mass is 205 g/mol. The van der Waals surface area contributed by atoms with Crippen molar-refractivity contribution in [2.24, 2.45) is 5.73 Å². The summed E-state index contributed by atoms with van der Waals surface area (Å²) in [5, 5.41) is 9.78. The smallest absolute Gasteiger partial charge is 0.0773 e. The summed E-state index contributed by atoms with van der Waals surface area (Å²) in [5.41, 5.74) is 9.77. The summed E-state index contributed by atoms with van der Waals surface area (Å²) in [6.45, 7) is 6.54. The Kier molecular flexibility index (Phi) is 2.36. The van der Waals surface area contributed by atoms with Crippen LogP contribution in [0.2, 0.25) is 0 Å². The van der Waals surface area contributed by atoms with E-state index in [4.69, 9.17) is 5.73 Å². The third kappa shape index (κ3) is 1.68. The van der Waals surface area contributed by atoms with E-state index in [1.165, 1.54) is 11.1 Å². The van der Waals surface area contributed by atoms with Gasteiger partial charge in [0.05, 0.1) is 12.1 Å². The first-order chi connectivity index (χ1) is 6.91. The molecule has 0 aromatic heterocycles. The molecule has 3 N–H and O–H groups in total. The van der Waals surface area contributed by atoms with E-state index in [2.05, 4.69) is 39.0 Å². The van der Waals surface area contributed by atoms with E-state index >= 15 is 0 Å². The second kappa shape index (κ2) is 3.32. The molecule has 15 heavy (non-hydrogen) atoms. The zero-order chi connectivity index (χ0) is 11.2. The molecule has 1 aromatic carbocycles. The Morgan fingerprint density at radius 2 is 2.00 bits per heavy atom. The molecule has 0 saturated carbocycles. The van der Waals surface area contributed by atoms with Gasteiger partial charge in [-0.3, -0.25) is 0 Å². The van der Waals surface area contributed by atoms with Gasteiger partial charge < -0.3 is 10.8 Å². The van der Waals surface area contributed by atoms with Crippen molar-refractivity contribution in [3.8, 4) is 0 Å². The lowest BCUT2D eigenvalue weighted by Crippen LogP contribution is -2.24. The number of rotatable bonds is 0. The SMILES string of the molecule is CC(C)(C)c1cccc2c1[C@H](N)C(O)C2. The van der Waals surface area contributed by atoms with E-state index in [1.807, 2.05) is 0 Å². The fourth-order valence-corrected chi connectivity index (χ4v) is 2.38. The standard InChI is InChI=1S/C13H19NO/c1-13(2,3)9-6-4-5-8-7-10(15)12(14)11(8)9/h4-6,10,12,15H,7,14H2,1-3H3/t10?,12-/m1/s1. The van der Waals surface area contributed by atoms with Crippen molar-refractivity contribution < 1.29 is 5.11 Å². The van der Waals surface area contributed by atoms with Gasteiger partial charge in [-0.2, -0.15) is 0 Å². The van der Waals surface area contributed by atoms with Crippen LogP contribution in [0.4, 0.5) is 0 Å². The molecule has 0 amide bonds. The molecule has 0 saturated heterocycles. The summed E-state index contributed by atoms with van der Waals surface area (Å²) in [5.74, 6) is 0. The molecule has 2 nitrogen and oxygen atoms in total. The molecule has 1 aromatic rings. The largest absolute Gasteiger partial charge is 0.391 e. The predicted octanol–water partition coefficient (Wildman–Crippen LogP) is 1.90. The molecular weight excluding hydrogens is 186 g/mol. The summed E-state index contributed by atoms with van der Waals surface area (Å²) in [6.07, 6.45) is 0.281. The Morgan fingerprint density at radius 1 is 1.33 bits per heavy atom. The van der Waals surface area contributed by atoms with Crippen molar-refractivity contribution >= 4 is 0 Å². The first-order valence-corrected chi connectivity index (χ1v) is 5.47. The molecule has 82 valence electrons. The van der Waals surface area contributed by atoms with E-state index in [0.29, 0.717) is 6.42 Å². The van der Waals surface area contributed by atoms with Crippen molar-refractivity contribution in [3.05, 3.63) is 34.9 Å². The Balaban J connectivity index is 2.57. The van der Waals surface area contributed by atoms with Crippen LogP contribution in [0.15, 0.2) is 18.2 Å². The van der Waals surface area contributed by atoms with Crippen molar-refractivity contribution in [1.82, 2.24) is 0 Å². The molecule has 0 bridgehead atoms. The number of aliphatic hydroxyl groups is 1. The van der Waals surface area contributed by atoms with E-state index in [1.54, 1.807) is 0 Å². The van der Waals surface area contributed by atoms with Crippen LogP contribution in [0.5, 0.6) is 0 Å². The molecule has 0 aliphatic heterocycles. The van der Waals surface area contributed by atoms with Gasteiger partial charge in [-0.15, -0.1) is 0 Å². The normalized spacial score (nSPS) is 25.4. The lowest BCUT2D eigenvalue weighted by molar-refractivity contribution is 0.158. The summed E-state index contributed by atoms with van der Waals surface area (Å²) in [6, 6.07) is 6.04. The number of aliphatic hydroxyl groups excluding tert-OH is 1. The Morgan fingerprint density at radius 3 is 2.60 bits per heavy atom. The molecule has 1 aliphatic carbocycles. The zero-order valence-electron chi connectivity index (χ0n) is 9.62.